The lowest BCUT2D eigenvalue weighted by molar-refractivity contribution is -0.385. The van der Waals surface area contributed by atoms with Gasteiger partial charge in [0.1, 0.15) is 0 Å². The molecule has 0 aromatic heterocycles. The van der Waals surface area contributed by atoms with Crippen LogP contribution in [0.5, 0.6) is 5.75 Å². The first kappa shape index (κ1) is 19.9. The van der Waals surface area contributed by atoms with E-state index in [0.717, 1.165) is 0 Å². The molecule has 2 aromatic rings. The largest absolute Gasteiger partial charge is 0.490 e. The van der Waals surface area contributed by atoms with Gasteiger partial charge in [-0.05, 0) is 42.8 Å². The third-order valence-electron chi connectivity index (χ3n) is 3.42. The number of benzene rings is 2. The summed E-state index contributed by atoms with van der Waals surface area (Å²) in [6.45, 7) is 1.73. The van der Waals surface area contributed by atoms with Crippen LogP contribution in [0, 0.1) is 17.0 Å². The molecule has 0 fully saturated rings. The van der Waals surface area contributed by atoms with Crippen molar-refractivity contribution < 1.29 is 19.2 Å². The Bertz CT molecular complexity index is 930. The maximum absolute atomic E-state index is 11.9. The van der Waals surface area contributed by atoms with Gasteiger partial charge >= 0.3 is 17.5 Å². The number of nitro benzene ring substituents is 1. The Kier molecular flexibility index (Phi) is 6.45. The topological polar surface area (TPSA) is 123 Å². The van der Waals surface area contributed by atoms with Gasteiger partial charge in [0.05, 0.1) is 18.2 Å². The van der Waals surface area contributed by atoms with E-state index in [1.807, 2.05) is 0 Å². The van der Waals surface area contributed by atoms with Crippen LogP contribution in [0.15, 0.2) is 41.5 Å². The van der Waals surface area contributed by atoms with Crippen LogP contribution < -0.4 is 15.5 Å². The molecule has 2 N–H and O–H groups in total. The van der Waals surface area contributed by atoms with Crippen LogP contribution in [-0.2, 0) is 9.59 Å². The number of carbonyl (C=O) groups is 2. The van der Waals surface area contributed by atoms with Gasteiger partial charge in [-0.2, -0.15) is 5.10 Å². The second-order valence-electron chi connectivity index (χ2n) is 5.30. The quantitative estimate of drug-likeness (QED) is 0.351. The zero-order valence-corrected chi connectivity index (χ0v) is 15.1. The first-order valence-corrected chi connectivity index (χ1v) is 7.92. The molecule has 0 aliphatic carbocycles. The van der Waals surface area contributed by atoms with E-state index in [2.05, 4.69) is 15.8 Å². The molecule has 0 atom stereocenters. The van der Waals surface area contributed by atoms with Crippen LogP contribution in [0.3, 0.4) is 0 Å². The van der Waals surface area contributed by atoms with Gasteiger partial charge in [-0.3, -0.25) is 19.7 Å². The number of nitro groups is 1. The average Bonchev–Trinajstić information content (AvgIpc) is 2.63. The number of nitrogens with zero attached hydrogens (tertiary/aromatic N) is 2. The lowest BCUT2D eigenvalue weighted by atomic mass is 10.2. The second-order valence-corrected chi connectivity index (χ2v) is 5.74. The summed E-state index contributed by atoms with van der Waals surface area (Å²) in [5, 5.41) is 17.5. The van der Waals surface area contributed by atoms with Crippen molar-refractivity contribution in [1.29, 1.82) is 0 Å². The van der Waals surface area contributed by atoms with E-state index in [1.165, 1.54) is 31.5 Å². The number of rotatable bonds is 5. The van der Waals surface area contributed by atoms with Crippen LogP contribution in [0.4, 0.5) is 11.4 Å². The number of halogens is 1. The summed E-state index contributed by atoms with van der Waals surface area (Å²) in [4.78, 5) is 34.1. The number of anilines is 1. The molecule has 0 saturated heterocycles. The summed E-state index contributed by atoms with van der Waals surface area (Å²) >= 11 is 5.83. The summed E-state index contributed by atoms with van der Waals surface area (Å²) in [7, 11) is 1.32. The molecule has 2 amide bonds. The fraction of sp³-hybridized carbons (Fsp3) is 0.118. The van der Waals surface area contributed by atoms with E-state index >= 15 is 0 Å². The van der Waals surface area contributed by atoms with E-state index in [9.17, 15) is 19.7 Å². The van der Waals surface area contributed by atoms with Crippen LogP contribution >= 0.6 is 11.6 Å². The molecule has 0 radical (unpaired) electrons. The van der Waals surface area contributed by atoms with Crippen LogP contribution in [0.25, 0.3) is 0 Å². The van der Waals surface area contributed by atoms with Crippen molar-refractivity contribution in [1.82, 2.24) is 5.43 Å². The second kappa shape index (κ2) is 8.77. The zero-order valence-electron chi connectivity index (χ0n) is 14.4. The maximum atomic E-state index is 11.9. The molecule has 9 nitrogen and oxygen atoms in total. The minimum Gasteiger partial charge on any atom is -0.490 e. The molecular weight excluding hydrogens is 376 g/mol. The Morgan fingerprint density at radius 3 is 2.59 bits per heavy atom. The molecule has 10 heteroatoms. The summed E-state index contributed by atoms with van der Waals surface area (Å²) in [5.74, 6) is -1.82. The highest BCUT2D eigenvalue weighted by molar-refractivity contribution is 6.39. The molecule has 2 aromatic carbocycles. The van der Waals surface area contributed by atoms with Gasteiger partial charge in [0.25, 0.3) is 0 Å². The smallest absolute Gasteiger partial charge is 0.329 e. The Hall–Kier alpha value is -3.46. The van der Waals surface area contributed by atoms with E-state index < -0.39 is 16.7 Å². The number of carbonyl (C=O) groups excluding carboxylic acids is 2. The minimum atomic E-state index is -0.997. The van der Waals surface area contributed by atoms with E-state index in [0.29, 0.717) is 21.8 Å². The normalized spacial score (nSPS) is 10.5. The van der Waals surface area contributed by atoms with Gasteiger partial charge in [0.15, 0.2) is 5.75 Å². The van der Waals surface area contributed by atoms with Crippen LogP contribution in [0.1, 0.15) is 11.1 Å². The van der Waals surface area contributed by atoms with Gasteiger partial charge in [0, 0.05) is 22.3 Å². The Labute approximate surface area is 159 Å². The van der Waals surface area contributed by atoms with Crippen molar-refractivity contribution in [3.05, 3.63) is 62.7 Å². The molecule has 140 valence electrons. The highest BCUT2D eigenvalue weighted by Gasteiger charge is 2.16. The predicted octanol–water partition coefficient (Wildman–Crippen LogP) is 2.65. The SMILES string of the molecule is COc1ccc(/C=N\NC(=O)C(=O)Nc2ccc(Cl)cc2C)cc1[N+](=O)[O-]. The molecule has 0 bridgehead atoms. The number of nitrogens with one attached hydrogen (secondary N) is 2. The highest BCUT2D eigenvalue weighted by atomic mass is 35.5. The molecule has 0 aliphatic heterocycles. The summed E-state index contributed by atoms with van der Waals surface area (Å²) in [6.07, 6.45) is 1.17. The summed E-state index contributed by atoms with van der Waals surface area (Å²) < 4.78 is 4.89. The van der Waals surface area contributed by atoms with Gasteiger partial charge in [-0.25, -0.2) is 5.43 Å². The number of aryl methyl sites for hydroxylation is 1. The third-order valence-corrected chi connectivity index (χ3v) is 3.66. The summed E-state index contributed by atoms with van der Waals surface area (Å²) in [5.41, 5.74) is 3.28. The van der Waals surface area contributed by atoms with E-state index in [-0.39, 0.29) is 11.4 Å². The van der Waals surface area contributed by atoms with Gasteiger partial charge in [0.2, 0.25) is 0 Å². The molecule has 0 heterocycles. The first-order chi connectivity index (χ1) is 12.8. The van der Waals surface area contributed by atoms with Gasteiger partial charge in [-0.15, -0.1) is 0 Å². The van der Waals surface area contributed by atoms with Crippen molar-refractivity contribution in [2.75, 3.05) is 12.4 Å². The lowest BCUT2D eigenvalue weighted by Crippen LogP contribution is -2.32. The van der Waals surface area contributed by atoms with Crippen molar-refractivity contribution in [2.45, 2.75) is 6.92 Å². The standard InChI is InChI=1S/C17H15ClN4O5/c1-10-7-12(18)4-5-13(10)20-16(23)17(24)21-19-9-11-3-6-15(27-2)14(8-11)22(25)26/h3-9H,1-2H3,(H,20,23)(H,21,24)/b19-9-. The van der Waals surface area contributed by atoms with Crippen LogP contribution in [0.2, 0.25) is 5.02 Å². The molecule has 0 spiro atoms. The number of hydrogen-bond acceptors (Lipinski definition) is 6. The van der Waals surface area contributed by atoms with E-state index in [1.54, 1.807) is 25.1 Å². The predicted molar refractivity (Wildman–Crippen MR) is 100 cm³/mol. The Morgan fingerprint density at radius 1 is 1.22 bits per heavy atom. The summed E-state index contributed by atoms with van der Waals surface area (Å²) in [6, 6.07) is 8.94. The molecule has 2 rings (SSSR count). The minimum absolute atomic E-state index is 0.0962. The van der Waals surface area contributed by atoms with Gasteiger partial charge in [-0.1, -0.05) is 11.6 Å². The number of methoxy groups -OCH3 is 1. The van der Waals surface area contributed by atoms with Crippen molar-refractivity contribution >= 4 is 41.0 Å². The molecule has 0 saturated carbocycles. The number of hydrazone groups is 1. The van der Waals surface area contributed by atoms with Crippen molar-refractivity contribution in [3.8, 4) is 5.75 Å². The lowest BCUT2D eigenvalue weighted by Gasteiger charge is -2.07. The van der Waals surface area contributed by atoms with Crippen molar-refractivity contribution in [2.24, 2.45) is 5.10 Å². The number of amides is 2. The fourth-order valence-corrected chi connectivity index (χ4v) is 2.32. The molecule has 0 unspecified atom stereocenters. The van der Waals surface area contributed by atoms with Crippen LogP contribution in [-0.4, -0.2) is 30.1 Å². The zero-order chi connectivity index (χ0) is 20.0. The number of hydrogen-bond donors (Lipinski definition) is 2. The molecule has 0 aliphatic rings. The number of ether oxygens (including phenoxy) is 1. The average molecular weight is 391 g/mol. The Balaban J connectivity index is 2.01. The first-order valence-electron chi connectivity index (χ1n) is 7.54. The maximum Gasteiger partial charge on any atom is 0.329 e. The van der Waals surface area contributed by atoms with Crippen molar-refractivity contribution in [3.63, 3.8) is 0 Å². The molecule has 27 heavy (non-hydrogen) atoms. The monoisotopic (exact) mass is 390 g/mol. The molecular formula is C17H15ClN4O5. The fourth-order valence-electron chi connectivity index (χ4n) is 2.09. The Morgan fingerprint density at radius 2 is 1.96 bits per heavy atom. The van der Waals surface area contributed by atoms with E-state index in [4.69, 9.17) is 16.3 Å². The third kappa shape index (κ3) is 5.25. The van der Waals surface area contributed by atoms with Gasteiger partial charge < -0.3 is 10.1 Å². The highest BCUT2D eigenvalue weighted by Crippen LogP contribution is 2.26.